The molecule has 2 aromatic rings. The quantitative estimate of drug-likeness (QED) is 0.494. The van der Waals surface area contributed by atoms with Crippen LogP contribution in [0.25, 0.3) is 11.1 Å². The molecule has 0 N–H and O–H groups in total. The van der Waals surface area contributed by atoms with Crippen LogP contribution in [-0.2, 0) is 0 Å². The first-order valence-corrected chi connectivity index (χ1v) is 12.0. The van der Waals surface area contributed by atoms with Gasteiger partial charge in [0.05, 0.1) is 0 Å². The second-order valence-electron chi connectivity index (χ2n) is 10.6. The van der Waals surface area contributed by atoms with Crippen molar-refractivity contribution in [3.05, 3.63) is 59.4 Å². The van der Waals surface area contributed by atoms with Gasteiger partial charge in [-0.05, 0) is 96.8 Å². The molecule has 5 rings (SSSR count). The Kier molecular flexibility index (Phi) is 5.26. The van der Waals surface area contributed by atoms with Gasteiger partial charge >= 0.3 is 0 Å². The normalized spacial score (nSPS) is 34.3. The van der Waals surface area contributed by atoms with E-state index < -0.39 is 0 Å². The fourth-order valence-corrected chi connectivity index (χ4v) is 6.74. The lowest BCUT2D eigenvalue weighted by Crippen LogP contribution is -2.11. The van der Waals surface area contributed by atoms with E-state index in [4.69, 9.17) is 0 Å². The van der Waals surface area contributed by atoms with Gasteiger partial charge in [-0.2, -0.15) is 0 Å². The van der Waals surface area contributed by atoms with Crippen molar-refractivity contribution in [2.24, 2.45) is 23.7 Å². The Morgan fingerprint density at radius 3 is 1.90 bits per heavy atom. The lowest BCUT2D eigenvalue weighted by Gasteiger charge is -2.26. The maximum absolute atomic E-state index is 15.0. The fourth-order valence-electron chi connectivity index (χ4n) is 6.74. The van der Waals surface area contributed by atoms with Gasteiger partial charge in [-0.1, -0.05) is 63.1 Å². The van der Waals surface area contributed by atoms with Crippen LogP contribution in [0.15, 0.2) is 42.5 Å². The molecule has 2 atom stereocenters. The van der Waals surface area contributed by atoms with Crippen molar-refractivity contribution in [3.8, 4) is 11.1 Å². The Morgan fingerprint density at radius 1 is 0.655 bits per heavy atom. The van der Waals surface area contributed by atoms with Crippen molar-refractivity contribution < 1.29 is 4.39 Å². The molecule has 0 heterocycles. The molecule has 0 nitrogen and oxygen atoms in total. The summed E-state index contributed by atoms with van der Waals surface area (Å²) in [6.45, 7) is 4.75. The average molecular weight is 391 g/mol. The van der Waals surface area contributed by atoms with E-state index in [1.165, 1.54) is 62.5 Å². The Labute approximate surface area is 175 Å². The lowest BCUT2D eigenvalue weighted by atomic mass is 9.79. The van der Waals surface area contributed by atoms with E-state index in [0.717, 1.165) is 34.8 Å². The molecule has 29 heavy (non-hydrogen) atoms. The number of rotatable bonds is 3. The lowest BCUT2D eigenvalue weighted by molar-refractivity contribution is 0.347. The third-order valence-electron chi connectivity index (χ3n) is 8.42. The zero-order chi connectivity index (χ0) is 20.0. The largest absolute Gasteiger partial charge is 0.206 e. The van der Waals surface area contributed by atoms with Crippen LogP contribution in [0.2, 0.25) is 0 Å². The fraction of sp³-hybridized carbons (Fsp3) is 0.571. The van der Waals surface area contributed by atoms with Gasteiger partial charge in [0.15, 0.2) is 0 Å². The van der Waals surface area contributed by atoms with Crippen molar-refractivity contribution in [2.45, 2.75) is 77.0 Å². The van der Waals surface area contributed by atoms with Gasteiger partial charge in [-0.15, -0.1) is 0 Å². The summed E-state index contributed by atoms with van der Waals surface area (Å²) in [6.07, 6.45) is 10.5. The van der Waals surface area contributed by atoms with Gasteiger partial charge in [-0.3, -0.25) is 0 Å². The van der Waals surface area contributed by atoms with Crippen molar-refractivity contribution in [1.82, 2.24) is 0 Å². The second kappa shape index (κ2) is 7.89. The molecular weight excluding hydrogens is 355 g/mol. The minimum absolute atomic E-state index is 0.0572. The number of halogens is 1. The van der Waals surface area contributed by atoms with Crippen LogP contribution < -0.4 is 0 Å². The van der Waals surface area contributed by atoms with E-state index in [-0.39, 0.29) is 5.82 Å². The van der Waals surface area contributed by atoms with E-state index in [9.17, 15) is 4.39 Å². The van der Waals surface area contributed by atoms with E-state index in [0.29, 0.717) is 11.8 Å². The third-order valence-corrected chi connectivity index (χ3v) is 8.42. The smallest absolute Gasteiger partial charge is 0.131 e. The molecule has 0 aliphatic heterocycles. The van der Waals surface area contributed by atoms with Crippen molar-refractivity contribution in [3.63, 3.8) is 0 Å². The Bertz CT molecular complexity index is 829. The van der Waals surface area contributed by atoms with Crippen LogP contribution in [0, 0.1) is 29.5 Å². The summed E-state index contributed by atoms with van der Waals surface area (Å²) < 4.78 is 15.0. The van der Waals surface area contributed by atoms with Gasteiger partial charge in [0.25, 0.3) is 0 Å². The average Bonchev–Trinajstić information content (AvgIpc) is 3.26. The zero-order valence-electron chi connectivity index (χ0n) is 18.0. The summed E-state index contributed by atoms with van der Waals surface area (Å²) in [5.41, 5.74) is 4.43. The van der Waals surface area contributed by atoms with E-state index in [1.807, 2.05) is 12.1 Å². The van der Waals surface area contributed by atoms with Crippen LogP contribution in [0.3, 0.4) is 0 Å². The first-order valence-electron chi connectivity index (χ1n) is 12.0. The van der Waals surface area contributed by atoms with Crippen molar-refractivity contribution in [1.29, 1.82) is 0 Å². The van der Waals surface area contributed by atoms with Gasteiger partial charge in [0, 0.05) is 5.56 Å². The number of hydrogen-bond donors (Lipinski definition) is 0. The van der Waals surface area contributed by atoms with Crippen LogP contribution in [-0.4, -0.2) is 0 Å². The molecular formula is C28H35F. The summed E-state index contributed by atoms with van der Waals surface area (Å²) in [6, 6.07) is 14.8. The molecule has 1 heteroatoms. The highest BCUT2D eigenvalue weighted by atomic mass is 19.1. The van der Waals surface area contributed by atoms with Crippen molar-refractivity contribution >= 4 is 0 Å². The molecule has 154 valence electrons. The molecule has 0 saturated heterocycles. The number of fused-ring (bicyclic) bond motifs is 1. The molecule has 0 radical (unpaired) electrons. The predicted octanol–water partition coefficient (Wildman–Crippen LogP) is 8.33. The van der Waals surface area contributed by atoms with Crippen LogP contribution >= 0.6 is 0 Å². The third kappa shape index (κ3) is 3.90. The monoisotopic (exact) mass is 390 g/mol. The van der Waals surface area contributed by atoms with Gasteiger partial charge < -0.3 is 0 Å². The first-order chi connectivity index (χ1) is 14.1. The standard InChI is InChI=1S/C28H35F/c1-18-3-5-20(6-4-18)23-11-12-27(28(29)17-23)22-9-7-21(8-10-22)26-15-24-13-19(2)14-25(24)16-26/h7-12,17-20,24-26H,3-6,13-16H2,1-2H3. The highest BCUT2D eigenvalue weighted by Gasteiger charge is 2.40. The van der Waals surface area contributed by atoms with Crippen molar-refractivity contribution in [2.75, 3.05) is 0 Å². The first kappa shape index (κ1) is 19.3. The van der Waals surface area contributed by atoms with E-state index >= 15 is 0 Å². The summed E-state index contributed by atoms with van der Waals surface area (Å²) in [7, 11) is 0. The van der Waals surface area contributed by atoms with Gasteiger partial charge in [0.1, 0.15) is 5.82 Å². The number of hydrogen-bond acceptors (Lipinski definition) is 0. The number of benzene rings is 2. The summed E-state index contributed by atoms with van der Waals surface area (Å²) in [4.78, 5) is 0. The molecule has 0 aromatic heterocycles. The summed E-state index contributed by atoms with van der Waals surface area (Å²) in [5, 5.41) is 0. The molecule has 3 fully saturated rings. The van der Waals surface area contributed by atoms with Crippen LogP contribution in [0.4, 0.5) is 4.39 Å². The summed E-state index contributed by atoms with van der Waals surface area (Å²) >= 11 is 0. The second-order valence-corrected chi connectivity index (χ2v) is 10.6. The molecule has 3 aliphatic rings. The molecule has 2 unspecified atom stereocenters. The van der Waals surface area contributed by atoms with Crippen LogP contribution in [0.1, 0.15) is 88.2 Å². The van der Waals surface area contributed by atoms with E-state index in [1.54, 1.807) is 0 Å². The highest BCUT2D eigenvalue weighted by Crippen LogP contribution is 2.52. The molecule has 2 aromatic carbocycles. The van der Waals surface area contributed by atoms with E-state index in [2.05, 4.69) is 44.2 Å². The SMILES string of the molecule is CC1CCC(c2ccc(-c3ccc(C4CC5CC(C)CC5C4)cc3)c(F)c2)CC1. The van der Waals surface area contributed by atoms with Gasteiger partial charge in [0.2, 0.25) is 0 Å². The topological polar surface area (TPSA) is 0 Å². The van der Waals surface area contributed by atoms with Gasteiger partial charge in [-0.25, -0.2) is 4.39 Å². The zero-order valence-corrected chi connectivity index (χ0v) is 18.0. The maximum Gasteiger partial charge on any atom is 0.131 e. The highest BCUT2D eigenvalue weighted by molar-refractivity contribution is 5.65. The Balaban J connectivity index is 1.29. The van der Waals surface area contributed by atoms with Crippen LogP contribution in [0.5, 0.6) is 0 Å². The summed E-state index contributed by atoms with van der Waals surface area (Å²) in [5.74, 6) is 4.85. The molecule has 0 amide bonds. The maximum atomic E-state index is 15.0. The molecule has 0 spiro atoms. The Hall–Kier alpha value is -1.63. The minimum atomic E-state index is -0.0572. The minimum Gasteiger partial charge on any atom is -0.206 e. The molecule has 0 bridgehead atoms. The predicted molar refractivity (Wildman–Crippen MR) is 120 cm³/mol. The molecule has 3 aliphatic carbocycles. The Morgan fingerprint density at radius 2 is 1.28 bits per heavy atom. The molecule has 3 saturated carbocycles.